The van der Waals surface area contributed by atoms with Crippen molar-refractivity contribution < 1.29 is 9.90 Å². The van der Waals surface area contributed by atoms with Gasteiger partial charge < -0.3 is 16.2 Å². The van der Waals surface area contributed by atoms with Crippen molar-refractivity contribution in [2.24, 2.45) is 5.41 Å². The zero-order valence-corrected chi connectivity index (χ0v) is 10.7. The number of pyridine rings is 1. The van der Waals surface area contributed by atoms with Crippen LogP contribution in [0.4, 0.5) is 11.5 Å². The van der Waals surface area contributed by atoms with E-state index in [-0.39, 0.29) is 11.3 Å². The van der Waals surface area contributed by atoms with Crippen molar-refractivity contribution >= 4 is 17.5 Å². The number of nitrogens with one attached hydrogen (secondary N) is 1. The number of carboxylic acid groups (broad SMARTS) is 1. The summed E-state index contributed by atoms with van der Waals surface area (Å²) >= 11 is 0. The smallest absolute Gasteiger partial charge is 0.337 e. The minimum Gasteiger partial charge on any atom is -0.478 e. The quantitative estimate of drug-likeness (QED) is 0.765. The van der Waals surface area contributed by atoms with Gasteiger partial charge in [0.15, 0.2) is 0 Å². The Morgan fingerprint density at radius 1 is 1.61 bits per heavy atom. The number of aromatic carboxylic acids is 1. The minimum atomic E-state index is -1.02. The third-order valence-corrected chi connectivity index (χ3v) is 3.49. The van der Waals surface area contributed by atoms with E-state index in [0.29, 0.717) is 17.3 Å². The van der Waals surface area contributed by atoms with E-state index in [1.807, 2.05) is 0 Å². The molecule has 0 bridgehead atoms. The maximum atomic E-state index is 11.0. The summed E-state index contributed by atoms with van der Waals surface area (Å²) in [5.74, 6) is -0.436. The molecule has 1 saturated carbocycles. The highest BCUT2D eigenvalue weighted by Crippen LogP contribution is 2.38. The van der Waals surface area contributed by atoms with E-state index < -0.39 is 5.97 Å². The molecular formula is C13H19N3O2. The maximum absolute atomic E-state index is 11.0. The zero-order valence-electron chi connectivity index (χ0n) is 10.7. The van der Waals surface area contributed by atoms with E-state index in [1.54, 1.807) is 0 Å². The van der Waals surface area contributed by atoms with Crippen LogP contribution in [-0.4, -0.2) is 22.1 Å². The normalized spacial score (nSPS) is 21.8. The van der Waals surface area contributed by atoms with E-state index >= 15 is 0 Å². The van der Waals surface area contributed by atoms with Gasteiger partial charge in [0.05, 0.1) is 17.4 Å². The van der Waals surface area contributed by atoms with Gasteiger partial charge in [-0.15, -0.1) is 0 Å². The number of nitrogen functional groups attached to an aromatic ring is 1. The molecule has 1 heterocycles. The van der Waals surface area contributed by atoms with Crippen LogP contribution in [0, 0.1) is 5.41 Å². The molecule has 4 N–H and O–H groups in total. The number of anilines is 2. The first-order chi connectivity index (χ1) is 8.37. The lowest BCUT2D eigenvalue weighted by atomic mass is 9.92. The highest BCUT2D eigenvalue weighted by atomic mass is 16.4. The third kappa shape index (κ3) is 2.72. The van der Waals surface area contributed by atoms with Crippen molar-refractivity contribution in [3.63, 3.8) is 0 Å². The predicted octanol–water partition coefficient (Wildman–Crippen LogP) is 2.35. The molecule has 1 unspecified atom stereocenters. The van der Waals surface area contributed by atoms with E-state index in [4.69, 9.17) is 10.8 Å². The topological polar surface area (TPSA) is 88.2 Å². The lowest BCUT2D eigenvalue weighted by molar-refractivity contribution is 0.0698. The molecule has 1 aromatic heterocycles. The highest BCUT2D eigenvalue weighted by molar-refractivity contribution is 5.94. The fourth-order valence-corrected chi connectivity index (χ4v) is 2.50. The Labute approximate surface area is 106 Å². The van der Waals surface area contributed by atoms with Crippen LogP contribution >= 0.6 is 0 Å². The molecule has 0 aromatic carbocycles. The molecule has 0 aliphatic heterocycles. The van der Waals surface area contributed by atoms with E-state index in [0.717, 1.165) is 12.8 Å². The molecule has 1 fully saturated rings. The number of nitrogens with zero attached hydrogens (tertiary/aromatic N) is 1. The predicted molar refractivity (Wildman–Crippen MR) is 70.7 cm³/mol. The Balaban J connectivity index is 2.11. The van der Waals surface area contributed by atoms with Crippen molar-refractivity contribution in [3.05, 3.63) is 17.8 Å². The largest absolute Gasteiger partial charge is 0.478 e. The van der Waals surface area contributed by atoms with Gasteiger partial charge in [0.1, 0.15) is 5.82 Å². The van der Waals surface area contributed by atoms with Crippen LogP contribution in [0.3, 0.4) is 0 Å². The van der Waals surface area contributed by atoms with Gasteiger partial charge >= 0.3 is 5.97 Å². The fourth-order valence-electron chi connectivity index (χ4n) is 2.50. The lowest BCUT2D eigenvalue weighted by Gasteiger charge is -2.18. The second-order valence-electron chi connectivity index (χ2n) is 5.71. The second-order valence-corrected chi connectivity index (χ2v) is 5.71. The number of hydrogen-bond acceptors (Lipinski definition) is 4. The van der Waals surface area contributed by atoms with Crippen molar-refractivity contribution in [2.45, 2.75) is 39.2 Å². The van der Waals surface area contributed by atoms with Crippen LogP contribution in [0.15, 0.2) is 12.3 Å². The van der Waals surface area contributed by atoms with Gasteiger partial charge in [0.25, 0.3) is 0 Å². The van der Waals surface area contributed by atoms with Gasteiger partial charge in [-0.1, -0.05) is 13.8 Å². The Kier molecular flexibility index (Phi) is 3.15. The molecular weight excluding hydrogens is 230 g/mol. The molecule has 5 heteroatoms. The zero-order chi connectivity index (χ0) is 13.3. The average Bonchev–Trinajstić information content (AvgIpc) is 2.60. The van der Waals surface area contributed by atoms with Crippen molar-refractivity contribution in [1.29, 1.82) is 0 Å². The van der Waals surface area contributed by atoms with Crippen LogP contribution in [-0.2, 0) is 0 Å². The SMILES string of the molecule is CC1(C)CCC(Nc2cc(C(=O)O)c(N)cn2)C1. The maximum Gasteiger partial charge on any atom is 0.337 e. The van der Waals surface area contributed by atoms with Gasteiger partial charge in [0, 0.05) is 6.04 Å². The van der Waals surface area contributed by atoms with E-state index in [1.165, 1.54) is 18.7 Å². The number of carbonyl (C=O) groups is 1. The summed E-state index contributed by atoms with van der Waals surface area (Å²) in [7, 11) is 0. The van der Waals surface area contributed by atoms with Crippen molar-refractivity contribution in [3.8, 4) is 0 Å². The Bertz CT molecular complexity index is 471. The molecule has 1 aliphatic carbocycles. The molecule has 2 rings (SSSR count). The molecule has 0 amide bonds. The minimum absolute atomic E-state index is 0.102. The van der Waals surface area contributed by atoms with E-state index in [2.05, 4.69) is 24.1 Å². The highest BCUT2D eigenvalue weighted by Gasteiger charge is 2.31. The van der Waals surface area contributed by atoms with Gasteiger partial charge in [-0.3, -0.25) is 0 Å². The monoisotopic (exact) mass is 249 g/mol. The first kappa shape index (κ1) is 12.7. The number of carboxylic acids is 1. The molecule has 0 spiro atoms. The molecule has 5 nitrogen and oxygen atoms in total. The van der Waals surface area contributed by atoms with Crippen LogP contribution in [0.2, 0.25) is 0 Å². The molecule has 98 valence electrons. The van der Waals surface area contributed by atoms with Crippen LogP contribution < -0.4 is 11.1 Å². The molecule has 18 heavy (non-hydrogen) atoms. The summed E-state index contributed by atoms with van der Waals surface area (Å²) in [6.07, 6.45) is 4.72. The van der Waals surface area contributed by atoms with Crippen molar-refractivity contribution in [2.75, 3.05) is 11.1 Å². The first-order valence-electron chi connectivity index (χ1n) is 6.13. The Morgan fingerprint density at radius 3 is 2.89 bits per heavy atom. The number of aromatic nitrogens is 1. The summed E-state index contributed by atoms with van der Waals surface area (Å²) in [5, 5.41) is 12.3. The number of nitrogens with two attached hydrogens (primary N) is 1. The van der Waals surface area contributed by atoms with Crippen LogP contribution in [0.1, 0.15) is 43.5 Å². The third-order valence-electron chi connectivity index (χ3n) is 3.49. The summed E-state index contributed by atoms with van der Waals surface area (Å²) in [4.78, 5) is 15.1. The summed E-state index contributed by atoms with van der Waals surface area (Å²) in [6, 6.07) is 1.86. The van der Waals surface area contributed by atoms with Gasteiger partial charge in [-0.25, -0.2) is 9.78 Å². The standard InChI is InChI=1S/C13H19N3O2/c1-13(2)4-3-8(6-13)16-11-5-9(12(17)18)10(14)7-15-11/h5,7-8H,3-4,6,14H2,1-2H3,(H,15,16)(H,17,18). The van der Waals surface area contributed by atoms with Crippen molar-refractivity contribution in [1.82, 2.24) is 4.98 Å². The fraction of sp³-hybridized carbons (Fsp3) is 0.538. The van der Waals surface area contributed by atoms with Gasteiger partial charge in [-0.2, -0.15) is 0 Å². The molecule has 1 aromatic rings. The Hall–Kier alpha value is -1.78. The van der Waals surface area contributed by atoms with Gasteiger partial charge in [0.2, 0.25) is 0 Å². The van der Waals surface area contributed by atoms with Crippen LogP contribution in [0.5, 0.6) is 0 Å². The Morgan fingerprint density at radius 2 is 2.33 bits per heavy atom. The first-order valence-corrected chi connectivity index (χ1v) is 6.13. The lowest BCUT2D eigenvalue weighted by Crippen LogP contribution is -2.19. The molecule has 1 aliphatic rings. The number of hydrogen-bond donors (Lipinski definition) is 3. The second kappa shape index (κ2) is 4.48. The summed E-state index contributed by atoms with van der Waals surface area (Å²) in [5.41, 5.74) is 6.21. The average molecular weight is 249 g/mol. The van der Waals surface area contributed by atoms with Gasteiger partial charge in [-0.05, 0) is 30.7 Å². The van der Waals surface area contributed by atoms with E-state index in [9.17, 15) is 4.79 Å². The number of rotatable bonds is 3. The summed E-state index contributed by atoms with van der Waals surface area (Å²) in [6.45, 7) is 4.49. The molecule has 1 atom stereocenters. The molecule has 0 saturated heterocycles. The summed E-state index contributed by atoms with van der Waals surface area (Å²) < 4.78 is 0. The molecule has 0 radical (unpaired) electrons. The van der Waals surface area contributed by atoms with Crippen LogP contribution in [0.25, 0.3) is 0 Å².